The second-order valence-electron chi connectivity index (χ2n) is 6.16. The molecule has 2 rings (SSSR count). The zero-order valence-corrected chi connectivity index (χ0v) is 15.4. The van der Waals surface area contributed by atoms with Crippen molar-refractivity contribution in [1.82, 2.24) is 15.1 Å². The lowest BCUT2D eigenvalue weighted by molar-refractivity contribution is -0.384. The highest BCUT2D eigenvalue weighted by atomic mass is 16.6. The largest absolute Gasteiger partial charge is 0.480 e. The van der Waals surface area contributed by atoms with Gasteiger partial charge in [0, 0.05) is 17.8 Å². The maximum Gasteiger partial charge on any atom is 0.326 e. The molecular weight excluding hydrogens is 368 g/mol. The normalized spacial score (nSPS) is 11.6. The van der Waals surface area contributed by atoms with Gasteiger partial charge in [-0.3, -0.25) is 19.7 Å². The predicted octanol–water partition coefficient (Wildman–Crippen LogP) is 1.82. The molecule has 1 aromatic carbocycles. The summed E-state index contributed by atoms with van der Waals surface area (Å²) >= 11 is 0. The number of aryl methyl sites for hydroxylation is 1. The number of benzene rings is 1. The van der Waals surface area contributed by atoms with Crippen LogP contribution in [0.15, 0.2) is 35.1 Å². The number of nitrogens with one attached hydrogen (secondary N) is 1. The van der Waals surface area contributed by atoms with Crippen molar-refractivity contribution in [2.75, 3.05) is 0 Å². The van der Waals surface area contributed by atoms with Crippen molar-refractivity contribution >= 4 is 17.6 Å². The van der Waals surface area contributed by atoms with Crippen LogP contribution in [0.4, 0.5) is 5.69 Å². The Bertz CT molecular complexity index is 969. The molecule has 0 radical (unpaired) electrons. The molecule has 10 heteroatoms. The molecule has 0 fully saturated rings. The third-order valence-corrected chi connectivity index (χ3v) is 4.08. The molecule has 0 aliphatic carbocycles. The summed E-state index contributed by atoms with van der Waals surface area (Å²) in [6.45, 7) is 3.40. The summed E-state index contributed by atoms with van der Waals surface area (Å²) in [4.78, 5) is 46.7. The van der Waals surface area contributed by atoms with Crippen molar-refractivity contribution in [2.24, 2.45) is 0 Å². The van der Waals surface area contributed by atoms with Gasteiger partial charge in [-0.05, 0) is 19.4 Å². The number of amides is 1. The van der Waals surface area contributed by atoms with Crippen LogP contribution in [0.5, 0.6) is 0 Å². The number of carboxylic acid groups (broad SMARTS) is 1. The first-order valence-electron chi connectivity index (χ1n) is 8.64. The lowest BCUT2D eigenvalue weighted by Crippen LogP contribution is -2.43. The van der Waals surface area contributed by atoms with E-state index in [1.165, 1.54) is 25.1 Å². The average Bonchev–Trinajstić information content (AvgIpc) is 2.64. The highest BCUT2D eigenvalue weighted by Crippen LogP contribution is 2.22. The molecule has 0 aliphatic heterocycles. The molecule has 1 aromatic heterocycles. The third kappa shape index (κ3) is 4.58. The van der Waals surface area contributed by atoms with Crippen molar-refractivity contribution in [2.45, 2.75) is 39.2 Å². The van der Waals surface area contributed by atoms with Gasteiger partial charge in [0.15, 0.2) is 5.69 Å². The van der Waals surface area contributed by atoms with Gasteiger partial charge in [-0.1, -0.05) is 31.9 Å². The molecule has 1 amide bonds. The number of carbonyl (C=O) groups is 2. The van der Waals surface area contributed by atoms with Crippen LogP contribution in [0.25, 0.3) is 5.69 Å². The number of aliphatic carboxylic acids is 1. The number of rotatable bonds is 8. The van der Waals surface area contributed by atoms with Crippen LogP contribution in [-0.4, -0.2) is 37.7 Å². The van der Waals surface area contributed by atoms with Crippen LogP contribution >= 0.6 is 0 Å². The molecule has 0 aliphatic rings. The Morgan fingerprint density at radius 1 is 1.36 bits per heavy atom. The summed E-state index contributed by atoms with van der Waals surface area (Å²) in [5.41, 5.74) is -1.12. The number of carboxylic acids is 1. The molecule has 2 N–H and O–H groups in total. The number of nitro groups is 1. The van der Waals surface area contributed by atoms with Crippen molar-refractivity contribution in [3.05, 3.63) is 62.1 Å². The molecule has 2 aromatic rings. The van der Waals surface area contributed by atoms with E-state index in [9.17, 15) is 29.6 Å². The number of hydrogen-bond acceptors (Lipinski definition) is 6. The molecule has 1 atom stereocenters. The predicted molar refractivity (Wildman–Crippen MR) is 99.6 cm³/mol. The highest BCUT2D eigenvalue weighted by molar-refractivity contribution is 5.94. The summed E-state index contributed by atoms with van der Waals surface area (Å²) in [6.07, 6.45) is 1.54. The molecule has 0 saturated carbocycles. The fraction of sp³-hybridized carbons (Fsp3) is 0.333. The Morgan fingerprint density at radius 3 is 2.64 bits per heavy atom. The van der Waals surface area contributed by atoms with Crippen LogP contribution in [-0.2, 0) is 4.79 Å². The summed E-state index contributed by atoms with van der Waals surface area (Å²) in [5, 5.41) is 26.8. The number of unbranched alkanes of at least 4 members (excludes halogenated alkanes) is 1. The van der Waals surface area contributed by atoms with E-state index in [1.54, 1.807) is 6.07 Å². The summed E-state index contributed by atoms with van der Waals surface area (Å²) in [7, 11) is 0. The second kappa shape index (κ2) is 8.89. The van der Waals surface area contributed by atoms with Crippen LogP contribution in [0.2, 0.25) is 0 Å². The molecule has 0 unspecified atom stereocenters. The third-order valence-electron chi connectivity index (χ3n) is 4.08. The van der Waals surface area contributed by atoms with E-state index in [0.717, 1.165) is 17.2 Å². The van der Waals surface area contributed by atoms with Crippen LogP contribution < -0.4 is 10.7 Å². The molecular formula is C18H20N4O6. The summed E-state index contributed by atoms with van der Waals surface area (Å²) in [6, 6.07) is 5.73. The topological polar surface area (TPSA) is 144 Å². The number of carbonyl (C=O) groups excluding carboxylic acids is 1. The molecule has 0 spiro atoms. The second-order valence-corrected chi connectivity index (χ2v) is 6.16. The Hall–Kier alpha value is -3.56. The average molecular weight is 388 g/mol. The van der Waals surface area contributed by atoms with Crippen molar-refractivity contribution in [3.8, 4) is 5.69 Å². The first kappa shape index (κ1) is 20.7. The summed E-state index contributed by atoms with van der Waals surface area (Å²) in [5.74, 6) is -2.16. The fourth-order valence-electron chi connectivity index (χ4n) is 2.64. The highest BCUT2D eigenvalue weighted by Gasteiger charge is 2.24. The fourth-order valence-corrected chi connectivity index (χ4v) is 2.64. The van der Waals surface area contributed by atoms with E-state index < -0.39 is 34.0 Å². The lowest BCUT2D eigenvalue weighted by atomic mass is 10.1. The molecule has 0 bridgehead atoms. The van der Waals surface area contributed by atoms with Gasteiger partial charge >= 0.3 is 5.97 Å². The number of aromatic nitrogens is 2. The van der Waals surface area contributed by atoms with Gasteiger partial charge in [0.25, 0.3) is 11.6 Å². The maximum absolute atomic E-state index is 12.5. The summed E-state index contributed by atoms with van der Waals surface area (Å²) < 4.78 is 1.12. The minimum atomic E-state index is -1.21. The van der Waals surface area contributed by atoms with Crippen LogP contribution in [0.3, 0.4) is 0 Å². The minimum Gasteiger partial charge on any atom is -0.480 e. The van der Waals surface area contributed by atoms with E-state index in [-0.39, 0.29) is 23.5 Å². The lowest BCUT2D eigenvalue weighted by Gasteiger charge is -2.15. The van der Waals surface area contributed by atoms with Crippen molar-refractivity contribution < 1.29 is 19.6 Å². The number of hydrogen-bond donors (Lipinski definition) is 2. The first-order valence-corrected chi connectivity index (χ1v) is 8.64. The maximum atomic E-state index is 12.5. The Balaban J connectivity index is 2.46. The quantitative estimate of drug-likeness (QED) is 0.518. The molecule has 28 heavy (non-hydrogen) atoms. The molecule has 10 nitrogen and oxygen atoms in total. The van der Waals surface area contributed by atoms with Crippen molar-refractivity contribution in [1.29, 1.82) is 0 Å². The van der Waals surface area contributed by atoms with E-state index in [4.69, 9.17) is 0 Å². The Labute approximate surface area is 160 Å². The monoisotopic (exact) mass is 388 g/mol. The van der Waals surface area contributed by atoms with Gasteiger partial charge in [0.2, 0.25) is 5.43 Å². The Kier molecular flexibility index (Phi) is 6.59. The van der Waals surface area contributed by atoms with E-state index in [0.29, 0.717) is 6.42 Å². The van der Waals surface area contributed by atoms with Gasteiger partial charge in [-0.25, -0.2) is 9.48 Å². The zero-order chi connectivity index (χ0) is 20.8. The first-order chi connectivity index (χ1) is 13.3. The standard InChI is InChI=1S/C18H20N4O6/c1-3-4-7-12(18(25)26)19-17(24)16-15(23)10-11(2)21(20-16)13-8-5-6-9-14(13)22(27)28/h5-6,8-10,12H,3-4,7H2,1-2H3,(H,19,24)(H,25,26)/t12-/m0/s1. The van der Waals surface area contributed by atoms with Gasteiger partial charge in [0.1, 0.15) is 11.7 Å². The van der Waals surface area contributed by atoms with Gasteiger partial charge < -0.3 is 10.4 Å². The van der Waals surface area contributed by atoms with Crippen LogP contribution in [0.1, 0.15) is 42.4 Å². The molecule has 148 valence electrons. The van der Waals surface area contributed by atoms with E-state index >= 15 is 0 Å². The van der Waals surface area contributed by atoms with Gasteiger partial charge in [-0.15, -0.1) is 0 Å². The molecule has 1 heterocycles. The smallest absolute Gasteiger partial charge is 0.326 e. The number of nitrogens with zero attached hydrogens (tertiary/aromatic N) is 3. The van der Waals surface area contributed by atoms with Gasteiger partial charge in [-0.2, -0.15) is 5.10 Å². The zero-order valence-electron chi connectivity index (χ0n) is 15.4. The molecule has 0 saturated heterocycles. The van der Waals surface area contributed by atoms with Crippen molar-refractivity contribution in [3.63, 3.8) is 0 Å². The SMILES string of the molecule is CCCC[C@H](NC(=O)c1nn(-c2ccccc2[N+](=O)[O-])c(C)cc1=O)C(=O)O. The van der Waals surface area contributed by atoms with Crippen LogP contribution in [0, 0.1) is 17.0 Å². The number of nitro benzene ring substituents is 1. The van der Waals surface area contributed by atoms with E-state index in [2.05, 4.69) is 10.4 Å². The van der Waals surface area contributed by atoms with E-state index in [1.807, 2.05) is 6.92 Å². The number of para-hydroxylation sites is 2. The van der Waals surface area contributed by atoms with Gasteiger partial charge in [0.05, 0.1) is 4.92 Å². The Morgan fingerprint density at radius 2 is 2.04 bits per heavy atom. The minimum absolute atomic E-state index is 0.0832.